The summed E-state index contributed by atoms with van der Waals surface area (Å²) in [6, 6.07) is 10.8. The van der Waals surface area contributed by atoms with Crippen LogP contribution in [-0.2, 0) is 4.79 Å². The van der Waals surface area contributed by atoms with Gasteiger partial charge in [0.2, 0.25) is 5.91 Å². The number of methoxy groups -OCH3 is 1. The molecule has 2 amide bonds. The number of ether oxygens (including phenoxy) is 1. The Morgan fingerprint density at radius 1 is 1.26 bits per heavy atom. The third-order valence-electron chi connectivity index (χ3n) is 3.92. The fourth-order valence-electron chi connectivity index (χ4n) is 2.75. The first kappa shape index (κ1) is 17.2. The van der Waals surface area contributed by atoms with Crippen molar-refractivity contribution in [2.75, 3.05) is 13.7 Å². The van der Waals surface area contributed by atoms with E-state index in [0.29, 0.717) is 11.3 Å². The van der Waals surface area contributed by atoms with E-state index in [2.05, 4.69) is 10.6 Å². The predicted octanol–water partition coefficient (Wildman–Crippen LogP) is 2.28. The molecule has 1 heterocycles. The van der Waals surface area contributed by atoms with E-state index in [9.17, 15) is 9.59 Å². The molecule has 0 saturated carbocycles. The lowest BCUT2D eigenvalue weighted by Crippen LogP contribution is -2.43. The fraction of sp³-hybridized carbons (Fsp3) is 0.294. The van der Waals surface area contributed by atoms with Gasteiger partial charge in [-0.25, -0.2) is 0 Å². The average molecular weight is 335 g/mol. The van der Waals surface area contributed by atoms with Gasteiger partial charge in [0.05, 0.1) is 13.2 Å². The number of amides is 2. The zero-order valence-corrected chi connectivity index (χ0v) is 13.6. The van der Waals surface area contributed by atoms with Crippen LogP contribution < -0.4 is 15.4 Å². The van der Waals surface area contributed by atoms with Crippen molar-refractivity contribution in [1.82, 2.24) is 10.6 Å². The molecule has 0 radical (unpaired) electrons. The lowest BCUT2D eigenvalue weighted by molar-refractivity contribution is -0.121. The predicted molar refractivity (Wildman–Crippen MR) is 91.2 cm³/mol. The van der Waals surface area contributed by atoms with E-state index in [1.54, 1.807) is 19.2 Å². The van der Waals surface area contributed by atoms with Gasteiger partial charge in [0.1, 0.15) is 5.75 Å². The van der Waals surface area contributed by atoms with Crippen LogP contribution in [0, 0.1) is 0 Å². The maximum atomic E-state index is 12.3. The highest BCUT2D eigenvalue weighted by Crippen LogP contribution is 2.27. The van der Waals surface area contributed by atoms with E-state index in [1.165, 1.54) is 0 Å². The minimum Gasteiger partial charge on any atom is -0.496 e. The Balaban J connectivity index is 0.00000192. The van der Waals surface area contributed by atoms with Gasteiger partial charge in [-0.3, -0.25) is 14.9 Å². The van der Waals surface area contributed by atoms with E-state index in [0.717, 1.165) is 30.2 Å². The summed E-state index contributed by atoms with van der Waals surface area (Å²) >= 11 is 0. The quantitative estimate of drug-likeness (QED) is 0.845. The molecule has 0 aromatic heterocycles. The van der Waals surface area contributed by atoms with E-state index in [4.69, 9.17) is 4.74 Å². The summed E-state index contributed by atoms with van der Waals surface area (Å²) < 4.78 is 5.35. The minimum absolute atomic E-state index is 0. The van der Waals surface area contributed by atoms with E-state index >= 15 is 0 Å². The van der Waals surface area contributed by atoms with Gasteiger partial charge >= 0.3 is 0 Å². The summed E-state index contributed by atoms with van der Waals surface area (Å²) in [6.45, 7) is 0.816. The van der Waals surface area contributed by atoms with Crippen LogP contribution in [0.15, 0.2) is 36.4 Å². The first-order chi connectivity index (χ1) is 10.7. The lowest BCUT2D eigenvalue weighted by atomic mass is 10.1. The van der Waals surface area contributed by atoms with Crippen LogP contribution in [0.1, 0.15) is 23.2 Å². The van der Waals surface area contributed by atoms with Crippen molar-refractivity contribution >= 4 is 35.0 Å². The van der Waals surface area contributed by atoms with Crippen LogP contribution >= 0.6 is 12.4 Å². The molecular weight excluding hydrogens is 316 g/mol. The third-order valence-corrected chi connectivity index (χ3v) is 3.92. The maximum Gasteiger partial charge on any atom is 0.258 e. The van der Waals surface area contributed by atoms with Crippen molar-refractivity contribution in [3.8, 4) is 5.75 Å². The molecule has 23 heavy (non-hydrogen) atoms. The summed E-state index contributed by atoms with van der Waals surface area (Å²) in [4.78, 5) is 24.3. The number of fused-ring (bicyclic) bond motifs is 1. The monoisotopic (exact) mass is 334 g/mol. The van der Waals surface area contributed by atoms with Gasteiger partial charge in [-0.2, -0.15) is 0 Å². The zero-order valence-electron chi connectivity index (χ0n) is 12.8. The zero-order chi connectivity index (χ0) is 15.5. The van der Waals surface area contributed by atoms with Gasteiger partial charge in [0, 0.05) is 10.9 Å². The molecule has 122 valence electrons. The van der Waals surface area contributed by atoms with Crippen molar-refractivity contribution in [1.29, 1.82) is 0 Å². The van der Waals surface area contributed by atoms with Crippen LogP contribution in [0.25, 0.3) is 10.8 Å². The van der Waals surface area contributed by atoms with Gasteiger partial charge in [-0.05, 0) is 36.9 Å². The van der Waals surface area contributed by atoms with Crippen LogP contribution in [0.2, 0.25) is 0 Å². The Morgan fingerprint density at radius 3 is 2.74 bits per heavy atom. The Labute approximate surface area is 140 Å². The normalized spacial score (nSPS) is 16.7. The third kappa shape index (κ3) is 3.63. The fourth-order valence-corrected chi connectivity index (χ4v) is 2.75. The Kier molecular flexibility index (Phi) is 5.58. The van der Waals surface area contributed by atoms with E-state index in [1.807, 2.05) is 24.3 Å². The number of hydrogen-bond acceptors (Lipinski definition) is 4. The topological polar surface area (TPSA) is 67.4 Å². The van der Waals surface area contributed by atoms with Gasteiger partial charge in [-0.15, -0.1) is 12.4 Å². The minimum atomic E-state index is -0.400. The van der Waals surface area contributed by atoms with Gasteiger partial charge < -0.3 is 10.1 Å². The van der Waals surface area contributed by atoms with Gasteiger partial charge in [-0.1, -0.05) is 24.3 Å². The number of carbonyl (C=O) groups excluding carboxylic acids is 2. The van der Waals surface area contributed by atoms with Crippen LogP contribution in [0.4, 0.5) is 0 Å². The molecule has 0 unspecified atom stereocenters. The Bertz CT molecular complexity index is 727. The molecule has 2 aromatic carbocycles. The molecule has 0 aliphatic carbocycles. The molecule has 3 rings (SSSR count). The molecule has 0 spiro atoms. The van der Waals surface area contributed by atoms with Crippen molar-refractivity contribution in [2.45, 2.75) is 18.9 Å². The molecule has 1 atom stereocenters. The largest absolute Gasteiger partial charge is 0.496 e. The highest BCUT2D eigenvalue weighted by molar-refractivity contribution is 6.08. The second kappa shape index (κ2) is 7.44. The van der Waals surface area contributed by atoms with Crippen molar-refractivity contribution < 1.29 is 14.3 Å². The standard InChI is InChI=1S/C17H18N2O3.ClH/c1-22-15-10-12(9-11-5-2-3-6-13(11)15)16(20)19-17(21)14-7-4-8-18-14;/h2-3,5-6,9-10,14,18H,4,7-8H2,1H3,(H,19,20,21);1H/t14-;/m0./s1. The Morgan fingerprint density at radius 2 is 2.04 bits per heavy atom. The number of carbonyl (C=O) groups is 2. The molecule has 6 heteroatoms. The summed E-state index contributed by atoms with van der Waals surface area (Å²) in [6.07, 6.45) is 1.72. The molecule has 1 aliphatic rings. The molecule has 1 fully saturated rings. The molecule has 5 nitrogen and oxygen atoms in total. The smallest absolute Gasteiger partial charge is 0.258 e. The number of hydrogen-bond donors (Lipinski definition) is 2. The Hall–Kier alpha value is -2.11. The van der Waals surface area contributed by atoms with Crippen LogP contribution in [0.5, 0.6) is 5.75 Å². The summed E-state index contributed by atoms with van der Waals surface area (Å²) in [5.74, 6) is -0.0490. The van der Waals surface area contributed by atoms with Crippen LogP contribution in [0.3, 0.4) is 0 Å². The summed E-state index contributed by atoms with van der Waals surface area (Å²) in [7, 11) is 1.57. The highest BCUT2D eigenvalue weighted by Gasteiger charge is 2.24. The average Bonchev–Trinajstić information content (AvgIpc) is 3.08. The molecule has 2 aromatic rings. The van der Waals surface area contributed by atoms with Gasteiger partial charge in [0.25, 0.3) is 5.91 Å². The molecular formula is C17H19ClN2O3. The summed E-state index contributed by atoms with van der Waals surface area (Å²) in [5.41, 5.74) is 0.418. The highest BCUT2D eigenvalue weighted by atomic mass is 35.5. The van der Waals surface area contributed by atoms with Crippen molar-refractivity contribution in [3.63, 3.8) is 0 Å². The van der Waals surface area contributed by atoms with Gasteiger partial charge in [0.15, 0.2) is 0 Å². The lowest BCUT2D eigenvalue weighted by Gasteiger charge is -2.12. The number of benzene rings is 2. The van der Waals surface area contributed by atoms with Crippen molar-refractivity contribution in [3.05, 3.63) is 42.0 Å². The molecule has 1 saturated heterocycles. The first-order valence-corrected chi connectivity index (χ1v) is 7.34. The van der Waals surface area contributed by atoms with E-state index < -0.39 is 5.91 Å². The molecule has 0 bridgehead atoms. The number of rotatable bonds is 3. The number of halogens is 1. The second-order valence-corrected chi connectivity index (χ2v) is 5.37. The SMILES string of the molecule is COc1cc(C(=O)NC(=O)[C@@H]2CCCN2)cc2ccccc12.Cl. The van der Waals surface area contributed by atoms with E-state index in [-0.39, 0.29) is 24.4 Å². The second-order valence-electron chi connectivity index (χ2n) is 5.37. The van der Waals surface area contributed by atoms with Crippen molar-refractivity contribution in [2.24, 2.45) is 0 Å². The number of nitrogens with one attached hydrogen (secondary N) is 2. The number of imide groups is 1. The molecule has 2 N–H and O–H groups in total. The first-order valence-electron chi connectivity index (χ1n) is 7.34. The van der Waals surface area contributed by atoms with Crippen LogP contribution in [-0.4, -0.2) is 31.5 Å². The summed E-state index contributed by atoms with van der Waals surface area (Å²) in [5, 5.41) is 7.37. The molecule has 1 aliphatic heterocycles. The maximum absolute atomic E-state index is 12.3.